The minimum Gasteiger partial charge on any atom is -0.540 e. The first-order chi connectivity index (χ1) is 28.9. The molecular formula is C36H53N10O9Y-. The average Bonchev–Trinajstić information content (AvgIpc) is 4.08. The van der Waals surface area contributed by atoms with Gasteiger partial charge in [-0.2, -0.15) is 0 Å². The van der Waals surface area contributed by atoms with Crippen molar-refractivity contribution in [3.8, 4) is 0 Å². The van der Waals surface area contributed by atoms with Crippen LogP contribution in [0.15, 0.2) is 0 Å². The number of rotatable bonds is 11. The number of hydrogen-bond acceptors (Lipinski definition) is 10. The fourth-order valence-electron chi connectivity index (χ4n) is 7.96. The van der Waals surface area contributed by atoms with Crippen molar-refractivity contribution in [2.75, 3.05) is 72.5 Å². The third-order valence-corrected chi connectivity index (χ3v) is 10.9. The number of likely N-dealkylation sites (tertiary alicyclic amines) is 5. The van der Waals surface area contributed by atoms with Crippen LogP contribution >= 0.6 is 0 Å². The molecule has 11 atom stereocenters. The summed E-state index contributed by atoms with van der Waals surface area (Å²) in [6, 6.07) is -5.99. The van der Waals surface area contributed by atoms with E-state index in [0.717, 1.165) is 19.8 Å². The molecule has 6 heterocycles. The van der Waals surface area contributed by atoms with Crippen LogP contribution in [0.2, 0.25) is 0 Å². The van der Waals surface area contributed by atoms with Crippen LogP contribution in [0.1, 0.15) is 78.7 Å². The molecule has 6 fully saturated rings. The minimum atomic E-state index is -1.23. The largest absolute Gasteiger partial charge is 0.540 e. The normalized spacial score (nSPS) is 35.8. The van der Waals surface area contributed by atoms with Crippen LogP contribution in [0, 0.1) is 0 Å². The fourth-order valence-corrected chi connectivity index (χ4v) is 7.96. The van der Waals surface area contributed by atoms with Gasteiger partial charge in [-0.15, -0.1) is 0 Å². The van der Waals surface area contributed by atoms with Crippen molar-refractivity contribution in [2.24, 2.45) is 0 Å². The van der Waals surface area contributed by atoms with Crippen molar-refractivity contribution in [3.05, 3.63) is 0 Å². The molecule has 0 aromatic rings. The smallest absolute Gasteiger partial charge is 0.336 e. The molecule has 19 nitrogen and oxygen atoms in total. The molecule has 0 spiro atoms. The fraction of sp³-hybridized carbons (Fsp3) is 0.750. The van der Waals surface area contributed by atoms with Crippen LogP contribution in [0.5, 0.6) is 0 Å². The number of carbonyl (C=O) groups is 8. The molecule has 11 unspecified atom stereocenters. The van der Waals surface area contributed by atoms with Crippen LogP contribution in [-0.4, -0.2) is 191 Å². The van der Waals surface area contributed by atoms with Gasteiger partial charge in [-0.25, -0.2) is 21.1 Å². The molecule has 56 heavy (non-hydrogen) atoms. The number of hydrazine groups is 1. The molecule has 6 rings (SSSR count). The van der Waals surface area contributed by atoms with Crippen molar-refractivity contribution in [2.45, 2.75) is 101 Å². The molecular weight excluding hydrogens is 805 g/mol. The molecule has 1 radical (unpaired) electrons. The summed E-state index contributed by atoms with van der Waals surface area (Å²) < 4.78 is 49.4. The van der Waals surface area contributed by atoms with Crippen LogP contribution < -0.4 is 16.0 Å². The van der Waals surface area contributed by atoms with Crippen molar-refractivity contribution in [1.29, 1.82) is 0 Å². The number of likely N-dealkylation sites (N-methyl/N-ethyl adjacent to an activating group) is 1. The summed E-state index contributed by atoms with van der Waals surface area (Å²) in [6.07, 6.45) is -2.95. The molecule has 305 valence electrons. The third kappa shape index (κ3) is 9.36. The van der Waals surface area contributed by atoms with Gasteiger partial charge in [0.15, 0.2) is 0 Å². The van der Waals surface area contributed by atoms with Gasteiger partial charge in [-0.1, -0.05) is 6.54 Å². The standard InChI is InChI=1S/C36H53N10O9.Y/c1-40-14-2-10-26(40)33(52)43-17-4-9-25(43)32(51)38-22-29(48)42-16-6-12-28(42)35(54)45-19-7-20-46(45)36(55)39-23-30(49)41-15-5-11-27(41)34(53)44-18-3-8-24(44)31(50)37-13-21-47;/h24-28H,2-20,22-23H2,1H3,(H,37,50)(H,38,51)(H,39,55);/q-1;/i2T,3T,4T,5T,6T,7T;. The Morgan fingerprint density at radius 1 is 0.536 bits per heavy atom. The van der Waals surface area contributed by atoms with Gasteiger partial charge in [-0.3, -0.25) is 38.5 Å². The number of hydrogen-bond donors (Lipinski definition) is 3. The zero-order valence-electron chi connectivity index (χ0n) is 37.3. The van der Waals surface area contributed by atoms with Crippen molar-refractivity contribution < 1.29 is 84.1 Å². The number of nitrogens with zero attached hydrogens (tertiary/aromatic N) is 7. The van der Waals surface area contributed by atoms with Crippen LogP contribution in [0.25, 0.3) is 0 Å². The molecule has 0 bridgehead atoms. The number of urea groups is 1. The second-order valence-corrected chi connectivity index (χ2v) is 14.2. The van der Waals surface area contributed by atoms with E-state index in [0.29, 0.717) is 13.0 Å². The predicted octanol–water partition coefficient (Wildman–Crippen LogP) is -2.46. The van der Waals surface area contributed by atoms with Gasteiger partial charge >= 0.3 is 6.03 Å². The van der Waals surface area contributed by atoms with E-state index in [1.165, 1.54) is 16.1 Å². The summed E-state index contributed by atoms with van der Waals surface area (Å²) >= 11 is 0. The Morgan fingerprint density at radius 3 is 1.54 bits per heavy atom. The molecule has 0 aliphatic carbocycles. The van der Waals surface area contributed by atoms with E-state index in [1.54, 1.807) is 11.9 Å². The van der Waals surface area contributed by atoms with E-state index in [-0.39, 0.29) is 104 Å². The monoisotopic (exact) mass is 870 g/mol. The van der Waals surface area contributed by atoms with E-state index in [4.69, 9.17) is 8.22 Å². The molecule has 3 N–H and O–H groups in total. The SMILES string of the molecule is [3H]C1CC(C(=O)N2CC([3H])CC2C(=O)NCC(=O)N2CC([3H])CC2C(=O)N2CC([3H])CN2C(=O)NCC(=O)N2CC([3H])CC2C(=O)N2CC([3H])CC2C(=O)NC[C-]=O)N(C)C1.[Y]. The maximum Gasteiger partial charge on any atom is 0.336 e. The first kappa shape index (κ1) is 35.5. The van der Waals surface area contributed by atoms with Gasteiger partial charge in [0.2, 0.25) is 35.4 Å². The zero-order valence-corrected chi connectivity index (χ0v) is 34.2. The average molecular weight is 871 g/mol. The summed E-state index contributed by atoms with van der Waals surface area (Å²) in [5.41, 5.74) is 0. The molecule has 0 aromatic carbocycles. The van der Waals surface area contributed by atoms with E-state index in [9.17, 15) is 43.2 Å². The second-order valence-electron chi connectivity index (χ2n) is 14.2. The number of carbonyl (C=O) groups excluding carboxylic acids is 9. The Labute approximate surface area is 360 Å². The molecule has 0 saturated carbocycles. The Kier molecular flexibility index (Phi) is 12.4. The van der Waals surface area contributed by atoms with Gasteiger partial charge in [-0.05, 0) is 84.1 Å². The number of amides is 9. The summed E-state index contributed by atoms with van der Waals surface area (Å²) in [6.45, 7) is -2.14. The second kappa shape index (κ2) is 19.6. The molecule has 9 amide bonds. The first-order valence-electron chi connectivity index (χ1n) is 22.0. The minimum absolute atomic E-state index is 0. The van der Waals surface area contributed by atoms with E-state index < -0.39 is 130 Å². The topological polar surface area (TPSA) is 212 Å². The molecule has 0 aromatic heterocycles. The molecule has 6 aliphatic rings. The number of nitrogens with one attached hydrogen (secondary N) is 3. The summed E-state index contributed by atoms with van der Waals surface area (Å²) in [4.78, 5) is 125. The van der Waals surface area contributed by atoms with Crippen LogP contribution in [0.4, 0.5) is 4.79 Å². The van der Waals surface area contributed by atoms with E-state index >= 15 is 0 Å². The Balaban J connectivity index is 0.00000726. The Hall–Kier alpha value is -3.71. The van der Waals surface area contributed by atoms with Crippen LogP contribution in [-0.2, 0) is 71.1 Å². The van der Waals surface area contributed by atoms with Crippen molar-refractivity contribution >= 4 is 53.7 Å². The Bertz CT molecular complexity index is 1780. The quantitative estimate of drug-likeness (QED) is 0.187. The van der Waals surface area contributed by atoms with Crippen LogP contribution in [0.3, 0.4) is 0 Å². The molecule has 20 heteroatoms. The maximum absolute atomic E-state index is 14.0. The zero-order chi connectivity index (χ0) is 44.4. The van der Waals surface area contributed by atoms with Gasteiger partial charge < -0.3 is 40.3 Å². The molecule has 6 saturated heterocycles. The Morgan fingerprint density at radius 2 is 0.982 bits per heavy atom. The maximum atomic E-state index is 14.0. The van der Waals surface area contributed by atoms with Crippen molar-refractivity contribution in [1.82, 2.24) is 50.5 Å². The predicted molar refractivity (Wildman–Crippen MR) is 193 cm³/mol. The van der Waals surface area contributed by atoms with Gasteiger partial charge in [0.25, 0.3) is 5.91 Å². The van der Waals surface area contributed by atoms with Crippen molar-refractivity contribution in [3.63, 3.8) is 0 Å². The van der Waals surface area contributed by atoms with Gasteiger partial charge in [0.05, 0.1) is 19.1 Å². The first-order valence-corrected chi connectivity index (χ1v) is 18.6. The van der Waals surface area contributed by atoms with E-state index in [2.05, 4.69) is 16.0 Å². The molecule has 6 aliphatic heterocycles. The third-order valence-electron chi connectivity index (χ3n) is 10.9. The van der Waals surface area contributed by atoms with Gasteiger partial charge in [0.1, 0.15) is 24.2 Å². The summed E-state index contributed by atoms with van der Waals surface area (Å²) in [5.74, 6) is -4.50. The summed E-state index contributed by atoms with van der Waals surface area (Å²) in [7, 11) is 1.72. The van der Waals surface area contributed by atoms with E-state index in [1.807, 2.05) is 0 Å². The summed E-state index contributed by atoms with van der Waals surface area (Å²) in [5, 5.41) is 9.20. The van der Waals surface area contributed by atoms with Gasteiger partial charge in [0, 0.05) is 80.2 Å².